The Hall–Kier alpha value is -1.34. The Morgan fingerprint density at radius 3 is 2.88 bits per heavy atom. The largest absolute Gasteiger partial charge is 0.300 e. The summed E-state index contributed by atoms with van der Waals surface area (Å²) in [6.45, 7) is 5.76. The smallest absolute Gasteiger partial charge is 0.103 e. The maximum Gasteiger partial charge on any atom is 0.103 e. The molecule has 4 nitrogen and oxygen atoms in total. The highest BCUT2D eigenvalue weighted by atomic mass is 15.3. The maximum absolute atomic E-state index is 9.07. The third kappa shape index (κ3) is 4.03. The first-order chi connectivity index (χ1) is 7.70. The van der Waals surface area contributed by atoms with Crippen LogP contribution < -0.4 is 5.32 Å². The molecule has 0 aliphatic heterocycles. The van der Waals surface area contributed by atoms with Crippen molar-refractivity contribution >= 4 is 0 Å². The lowest BCUT2D eigenvalue weighted by molar-refractivity contribution is 0.401. The molecule has 0 aliphatic rings. The standard InChI is InChI=1S/C12H20N4/c1-3-14-12(2,11-13)7-4-5-9-16-10-6-8-15-16/h6,8,10,14H,3-5,7,9H2,1-2H3. The molecule has 0 spiro atoms. The van der Waals surface area contributed by atoms with Crippen molar-refractivity contribution < 1.29 is 0 Å². The van der Waals surface area contributed by atoms with Gasteiger partial charge >= 0.3 is 0 Å². The molecule has 4 heteroatoms. The van der Waals surface area contributed by atoms with Crippen molar-refractivity contribution in [2.24, 2.45) is 0 Å². The van der Waals surface area contributed by atoms with E-state index in [1.165, 1.54) is 0 Å². The number of rotatable bonds is 7. The third-order valence-electron chi connectivity index (χ3n) is 2.69. The van der Waals surface area contributed by atoms with Gasteiger partial charge < -0.3 is 0 Å². The third-order valence-corrected chi connectivity index (χ3v) is 2.69. The number of hydrogen-bond acceptors (Lipinski definition) is 3. The summed E-state index contributed by atoms with van der Waals surface area (Å²) in [5.74, 6) is 0. The molecule has 88 valence electrons. The maximum atomic E-state index is 9.07. The van der Waals surface area contributed by atoms with Gasteiger partial charge in [-0.15, -0.1) is 0 Å². The monoisotopic (exact) mass is 220 g/mol. The van der Waals surface area contributed by atoms with Gasteiger partial charge in [0, 0.05) is 18.9 Å². The van der Waals surface area contributed by atoms with Gasteiger partial charge in [0.05, 0.1) is 6.07 Å². The molecular formula is C12H20N4. The predicted molar refractivity (Wildman–Crippen MR) is 63.8 cm³/mol. The molecule has 1 aromatic heterocycles. The molecule has 1 N–H and O–H groups in total. The van der Waals surface area contributed by atoms with Crippen molar-refractivity contribution in [2.75, 3.05) is 6.54 Å². The van der Waals surface area contributed by atoms with E-state index in [9.17, 15) is 0 Å². The van der Waals surface area contributed by atoms with E-state index < -0.39 is 0 Å². The van der Waals surface area contributed by atoms with Gasteiger partial charge in [-0.3, -0.25) is 10.00 Å². The predicted octanol–water partition coefficient (Wildman–Crippen LogP) is 1.95. The Labute approximate surface area is 97.3 Å². The zero-order valence-electron chi connectivity index (χ0n) is 10.1. The van der Waals surface area contributed by atoms with Crippen LogP contribution in [-0.2, 0) is 6.54 Å². The number of nitrogens with one attached hydrogen (secondary N) is 1. The van der Waals surface area contributed by atoms with Crippen LogP contribution in [0.3, 0.4) is 0 Å². The van der Waals surface area contributed by atoms with Gasteiger partial charge in [0.2, 0.25) is 0 Å². The summed E-state index contributed by atoms with van der Waals surface area (Å²) in [5.41, 5.74) is -0.376. The summed E-state index contributed by atoms with van der Waals surface area (Å²) in [4.78, 5) is 0. The summed E-state index contributed by atoms with van der Waals surface area (Å²) < 4.78 is 1.93. The second kappa shape index (κ2) is 6.29. The van der Waals surface area contributed by atoms with Crippen molar-refractivity contribution in [3.05, 3.63) is 18.5 Å². The van der Waals surface area contributed by atoms with Gasteiger partial charge in [0.1, 0.15) is 5.54 Å². The van der Waals surface area contributed by atoms with E-state index in [2.05, 4.69) is 16.5 Å². The zero-order chi connectivity index (χ0) is 11.9. The highest BCUT2D eigenvalue weighted by Gasteiger charge is 2.20. The molecular weight excluding hydrogens is 200 g/mol. The quantitative estimate of drug-likeness (QED) is 0.714. The Bertz CT molecular complexity index is 325. The highest BCUT2D eigenvalue weighted by molar-refractivity contribution is 5.03. The van der Waals surface area contributed by atoms with Crippen LogP contribution in [0, 0.1) is 11.3 Å². The molecule has 1 unspecified atom stereocenters. The minimum absolute atomic E-state index is 0.376. The normalized spacial score (nSPS) is 14.3. The highest BCUT2D eigenvalue weighted by Crippen LogP contribution is 2.13. The van der Waals surface area contributed by atoms with Crippen molar-refractivity contribution in [3.63, 3.8) is 0 Å². The fraction of sp³-hybridized carbons (Fsp3) is 0.667. The Balaban J connectivity index is 2.21. The lowest BCUT2D eigenvalue weighted by Crippen LogP contribution is -2.40. The summed E-state index contributed by atoms with van der Waals surface area (Å²) >= 11 is 0. The van der Waals surface area contributed by atoms with Crippen molar-refractivity contribution in [3.8, 4) is 6.07 Å². The molecule has 1 rings (SSSR count). The van der Waals surface area contributed by atoms with Crippen molar-refractivity contribution in [1.82, 2.24) is 15.1 Å². The Morgan fingerprint density at radius 1 is 1.50 bits per heavy atom. The number of unbranched alkanes of at least 4 members (excludes halogenated alkanes) is 1. The first kappa shape index (κ1) is 12.7. The molecule has 1 heterocycles. The van der Waals surface area contributed by atoms with E-state index >= 15 is 0 Å². The van der Waals surface area contributed by atoms with Gasteiger partial charge in [-0.1, -0.05) is 6.92 Å². The van der Waals surface area contributed by atoms with Crippen molar-refractivity contribution in [1.29, 1.82) is 5.26 Å². The topological polar surface area (TPSA) is 53.6 Å². The van der Waals surface area contributed by atoms with Crippen LogP contribution in [0.15, 0.2) is 18.5 Å². The van der Waals surface area contributed by atoms with Crippen molar-refractivity contribution in [2.45, 2.75) is 45.2 Å². The lowest BCUT2D eigenvalue weighted by Gasteiger charge is -2.22. The second-order valence-corrected chi connectivity index (χ2v) is 4.20. The van der Waals surface area contributed by atoms with Crippen LogP contribution in [0.25, 0.3) is 0 Å². The molecule has 0 radical (unpaired) electrons. The molecule has 0 fully saturated rings. The number of aryl methyl sites for hydroxylation is 1. The minimum atomic E-state index is -0.376. The summed E-state index contributed by atoms with van der Waals surface area (Å²) in [7, 11) is 0. The first-order valence-electron chi connectivity index (χ1n) is 5.84. The SMILES string of the molecule is CCNC(C)(C#N)CCCCn1cccn1. The average molecular weight is 220 g/mol. The van der Waals surface area contributed by atoms with Gasteiger partial charge in [-0.05, 0) is 38.8 Å². The van der Waals surface area contributed by atoms with E-state index in [1.807, 2.05) is 30.8 Å². The minimum Gasteiger partial charge on any atom is -0.300 e. The summed E-state index contributed by atoms with van der Waals surface area (Å²) in [6.07, 6.45) is 6.74. The molecule has 16 heavy (non-hydrogen) atoms. The first-order valence-corrected chi connectivity index (χ1v) is 5.84. The molecule has 0 bridgehead atoms. The van der Waals surface area contributed by atoms with Gasteiger partial charge in [0.25, 0.3) is 0 Å². The molecule has 0 aromatic carbocycles. The molecule has 1 atom stereocenters. The number of hydrogen-bond donors (Lipinski definition) is 1. The van der Waals surface area contributed by atoms with E-state index in [1.54, 1.807) is 6.20 Å². The fourth-order valence-corrected chi connectivity index (χ4v) is 1.76. The fourth-order valence-electron chi connectivity index (χ4n) is 1.76. The van der Waals surface area contributed by atoms with Crippen LogP contribution in [0.5, 0.6) is 0 Å². The molecule has 0 saturated carbocycles. The van der Waals surface area contributed by atoms with Gasteiger partial charge in [-0.2, -0.15) is 10.4 Å². The molecule has 0 amide bonds. The Morgan fingerprint density at radius 2 is 2.31 bits per heavy atom. The van der Waals surface area contributed by atoms with Crippen LogP contribution in [0.1, 0.15) is 33.1 Å². The van der Waals surface area contributed by atoms with E-state index in [0.717, 1.165) is 32.4 Å². The lowest BCUT2D eigenvalue weighted by atomic mass is 9.96. The van der Waals surface area contributed by atoms with Crippen LogP contribution >= 0.6 is 0 Å². The van der Waals surface area contributed by atoms with E-state index in [0.29, 0.717) is 0 Å². The second-order valence-electron chi connectivity index (χ2n) is 4.20. The summed E-state index contributed by atoms with van der Waals surface area (Å²) in [5, 5.41) is 16.4. The number of nitrogens with zero attached hydrogens (tertiary/aromatic N) is 3. The Kier molecular flexibility index (Phi) is 5.00. The van der Waals surface area contributed by atoms with Crippen LogP contribution in [0.4, 0.5) is 0 Å². The molecule has 1 aromatic rings. The number of nitriles is 1. The van der Waals surface area contributed by atoms with E-state index in [4.69, 9.17) is 5.26 Å². The van der Waals surface area contributed by atoms with E-state index in [-0.39, 0.29) is 5.54 Å². The van der Waals surface area contributed by atoms with Gasteiger partial charge in [-0.25, -0.2) is 0 Å². The van der Waals surface area contributed by atoms with Crippen LogP contribution in [-0.4, -0.2) is 21.9 Å². The number of aromatic nitrogens is 2. The zero-order valence-corrected chi connectivity index (χ0v) is 10.1. The molecule has 0 saturated heterocycles. The van der Waals surface area contributed by atoms with Crippen LogP contribution in [0.2, 0.25) is 0 Å². The summed E-state index contributed by atoms with van der Waals surface area (Å²) in [6, 6.07) is 4.27. The molecule has 0 aliphatic carbocycles. The average Bonchev–Trinajstić information content (AvgIpc) is 2.78. The van der Waals surface area contributed by atoms with Gasteiger partial charge in [0.15, 0.2) is 0 Å².